The largest absolute Gasteiger partial charge is 0.327 e. The van der Waals surface area contributed by atoms with Crippen LogP contribution in [0.4, 0.5) is 8.78 Å². The Balaban J connectivity index is 2.16. The van der Waals surface area contributed by atoms with Crippen LogP contribution in [0.15, 0.2) is 18.2 Å². The van der Waals surface area contributed by atoms with Gasteiger partial charge in [0.25, 0.3) is 0 Å². The summed E-state index contributed by atoms with van der Waals surface area (Å²) in [5.74, 6) is -0.667. The third-order valence-electron chi connectivity index (χ3n) is 3.25. The van der Waals surface area contributed by atoms with E-state index in [0.29, 0.717) is 6.42 Å². The van der Waals surface area contributed by atoms with E-state index in [1.54, 1.807) is 0 Å². The first-order valence-electron chi connectivity index (χ1n) is 5.37. The molecule has 0 bridgehead atoms. The first-order chi connectivity index (χ1) is 7.18. The standard InChI is InChI=1S/C12H15F2N/c13-10-4-2-5-11(14)9(10)7-8-3-1-6-12(8)15/h2,4-5,8,12H,1,3,6-7,15H2. The molecule has 0 aliphatic heterocycles. The van der Waals surface area contributed by atoms with Crippen molar-refractivity contribution >= 4 is 0 Å². The van der Waals surface area contributed by atoms with Crippen LogP contribution in [0.1, 0.15) is 24.8 Å². The molecule has 2 rings (SSSR count). The molecule has 1 aliphatic rings. The highest BCUT2D eigenvalue weighted by Gasteiger charge is 2.25. The molecular weight excluding hydrogens is 196 g/mol. The van der Waals surface area contributed by atoms with E-state index in [9.17, 15) is 8.78 Å². The highest BCUT2D eigenvalue weighted by Crippen LogP contribution is 2.28. The molecule has 82 valence electrons. The van der Waals surface area contributed by atoms with E-state index in [1.807, 2.05) is 0 Å². The van der Waals surface area contributed by atoms with Crippen molar-refractivity contribution in [2.75, 3.05) is 0 Å². The molecule has 0 saturated heterocycles. The minimum absolute atomic E-state index is 0.101. The average Bonchev–Trinajstić information content (AvgIpc) is 2.58. The molecule has 1 aromatic rings. The van der Waals surface area contributed by atoms with Gasteiger partial charge in [0.05, 0.1) is 0 Å². The van der Waals surface area contributed by atoms with Gasteiger partial charge in [0.1, 0.15) is 11.6 Å². The van der Waals surface area contributed by atoms with Crippen LogP contribution in [0.2, 0.25) is 0 Å². The predicted octanol–water partition coefficient (Wildman–Crippen LogP) is 2.63. The lowest BCUT2D eigenvalue weighted by Gasteiger charge is -2.15. The van der Waals surface area contributed by atoms with E-state index >= 15 is 0 Å². The van der Waals surface area contributed by atoms with Crippen molar-refractivity contribution < 1.29 is 8.78 Å². The maximum absolute atomic E-state index is 13.4. The number of hydrogen-bond donors (Lipinski definition) is 1. The van der Waals surface area contributed by atoms with Crippen LogP contribution >= 0.6 is 0 Å². The third kappa shape index (κ3) is 2.17. The van der Waals surface area contributed by atoms with Crippen molar-refractivity contribution in [2.24, 2.45) is 11.7 Å². The van der Waals surface area contributed by atoms with Gasteiger partial charge in [0.2, 0.25) is 0 Å². The minimum atomic E-state index is -0.450. The Bertz CT molecular complexity index is 331. The zero-order valence-corrected chi connectivity index (χ0v) is 8.55. The van der Waals surface area contributed by atoms with Gasteiger partial charge >= 0.3 is 0 Å². The van der Waals surface area contributed by atoms with Gasteiger partial charge < -0.3 is 5.73 Å². The van der Waals surface area contributed by atoms with Gasteiger partial charge in [-0.05, 0) is 37.3 Å². The summed E-state index contributed by atoms with van der Waals surface area (Å²) in [6, 6.07) is 4.10. The molecule has 0 spiro atoms. The summed E-state index contributed by atoms with van der Waals surface area (Å²) < 4.78 is 26.7. The molecule has 1 aromatic carbocycles. The Hall–Kier alpha value is -0.960. The first-order valence-corrected chi connectivity index (χ1v) is 5.37. The fraction of sp³-hybridized carbons (Fsp3) is 0.500. The quantitative estimate of drug-likeness (QED) is 0.799. The Morgan fingerprint density at radius 1 is 1.20 bits per heavy atom. The van der Waals surface area contributed by atoms with Gasteiger partial charge in [-0.15, -0.1) is 0 Å². The Kier molecular flexibility index (Phi) is 3.00. The summed E-state index contributed by atoms with van der Waals surface area (Å²) in [6.07, 6.45) is 3.46. The Morgan fingerprint density at radius 2 is 1.87 bits per heavy atom. The Morgan fingerprint density at radius 3 is 2.40 bits per heavy atom. The first kappa shape index (κ1) is 10.6. The highest BCUT2D eigenvalue weighted by atomic mass is 19.1. The van der Waals surface area contributed by atoms with E-state index in [1.165, 1.54) is 18.2 Å². The molecule has 1 nitrogen and oxygen atoms in total. The van der Waals surface area contributed by atoms with Crippen molar-refractivity contribution in [1.29, 1.82) is 0 Å². The highest BCUT2D eigenvalue weighted by molar-refractivity contribution is 5.20. The van der Waals surface area contributed by atoms with Crippen LogP contribution in [-0.2, 0) is 6.42 Å². The fourth-order valence-corrected chi connectivity index (χ4v) is 2.31. The summed E-state index contributed by atoms with van der Waals surface area (Å²) in [5, 5.41) is 0. The second kappa shape index (κ2) is 4.27. The second-order valence-corrected chi connectivity index (χ2v) is 4.26. The maximum atomic E-state index is 13.4. The molecule has 2 atom stereocenters. The molecule has 1 aliphatic carbocycles. The molecule has 0 heterocycles. The Labute approximate surface area is 88.3 Å². The molecule has 15 heavy (non-hydrogen) atoms. The molecule has 1 saturated carbocycles. The summed E-state index contributed by atoms with van der Waals surface area (Å²) in [5.41, 5.74) is 6.08. The van der Waals surface area contributed by atoms with Gasteiger partial charge in [-0.2, -0.15) is 0 Å². The summed E-state index contributed by atoms with van der Waals surface area (Å²) >= 11 is 0. The predicted molar refractivity (Wildman–Crippen MR) is 55.4 cm³/mol. The second-order valence-electron chi connectivity index (χ2n) is 4.26. The van der Waals surface area contributed by atoms with E-state index in [0.717, 1.165) is 19.3 Å². The summed E-state index contributed by atoms with van der Waals surface area (Å²) in [4.78, 5) is 0. The zero-order valence-electron chi connectivity index (χ0n) is 8.55. The number of benzene rings is 1. The van der Waals surface area contributed by atoms with E-state index in [4.69, 9.17) is 5.73 Å². The number of halogens is 2. The average molecular weight is 211 g/mol. The summed E-state index contributed by atoms with van der Waals surface area (Å²) in [6.45, 7) is 0. The van der Waals surface area contributed by atoms with Gasteiger partial charge in [-0.25, -0.2) is 8.78 Å². The molecule has 0 radical (unpaired) electrons. The lowest BCUT2D eigenvalue weighted by Crippen LogP contribution is -2.26. The molecule has 2 unspecified atom stereocenters. The number of rotatable bonds is 2. The van der Waals surface area contributed by atoms with Crippen molar-refractivity contribution in [3.8, 4) is 0 Å². The van der Waals surface area contributed by atoms with Gasteiger partial charge in [0, 0.05) is 11.6 Å². The van der Waals surface area contributed by atoms with E-state index in [-0.39, 0.29) is 17.5 Å². The van der Waals surface area contributed by atoms with Crippen molar-refractivity contribution in [1.82, 2.24) is 0 Å². The smallest absolute Gasteiger partial charge is 0.129 e. The minimum Gasteiger partial charge on any atom is -0.327 e. The lowest BCUT2D eigenvalue weighted by molar-refractivity contribution is 0.451. The van der Waals surface area contributed by atoms with Crippen molar-refractivity contribution in [3.05, 3.63) is 35.4 Å². The van der Waals surface area contributed by atoms with Gasteiger partial charge in [-0.3, -0.25) is 0 Å². The van der Waals surface area contributed by atoms with Crippen LogP contribution in [0, 0.1) is 17.6 Å². The monoisotopic (exact) mass is 211 g/mol. The molecule has 0 aromatic heterocycles. The van der Waals surface area contributed by atoms with Gasteiger partial charge in [0.15, 0.2) is 0 Å². The molecule has 0 amide bonds. The van der Waals surface area contributed by atoms with Crippen LogP contribution in [0.25, 0.3) is 0 Å². The lowest BCUT2D eigenvalue weighted by atomic mass is 9.94. The van der Waals surface area contributed by atoms with E-state index in [2.05, 4.69) is 0 Å². The van der Waals surface area contributed by atoms with Crippen LogP contribution in [0.3, 0.4) is 0 Å². The number of hydrogen-bond acceptors (Lipinski definition) is 1. The fourth-order valence-electron chi connectivity index (χ4n) is 2.31. The maximum Gasteiger partial charge on any atom is 0.129 e. The third-order valence-corrected chi connectivity index (χ3v) is 3.25. The van der Waals surface area contributed by atoms with E-state index < -0.39 is 11.6 Å². The summed E-state index contributed by atoms with van der Waals surface area (Å²) in [7, 11) is 0. The number of nitrogens with two attached hydrogens (primary N) is 1. The van der Waals surface area contributed by atoms with Crippen LogP contribution in [0.5, 0.6) is 0 Å². The van der Waals surface area contributed by atoms with Crippen LogP contribution < -0.4 is 5.73 Å². The molecular formula is C12H15F2N. The van der Waals surface area contributed by atoms with Crippen molar-refractivity contribution in [3.63, 3.8) is 0 Å². The van der Waals surface area contributed by atoms with Gasteiger partial charge in [-0.1, -0.05) is 12.5 Å². The zero-order chi connectivity index (χ0) is 10.8. The molecule has 1 fully saturated rings. The molecule has 2 N–H and O–H groups in total. The SMILES string of the molecule is NC1CCCC1Cc1c(F)cccc1F. The molecule has 3 heteroatoms. The topological polar surface area (TPSA) is 26.0 Å². The normalized spacial score (nSPS) is 25.8. The van der Waals surface area contributed by atoms with Crippen LogP contribution in [-0.4, -0.2) is 6.04 Å². The van der Waals surface area contributed by atoms with Crippen molar-refractivity contribution in [2.45, 2.75) is 31.7 Å².